The first kappa shape index (κ1) is 10.4. The van der Waals surface area contributed by atoms with Crippen LogP contribution in [-0.4, -0.2) is 18.1 Å². The third kappa shape index (κ3) is 2.99. The van der Waals surface area contributed by atoms with Crippen LogP contribution in [0.25, 0.3) is 0 Å². The van der Waals surface area contributed by atoms with Gasteiger partial charge in [-0.25, -0.2) is 0 Å². The van der Waals surface area contributed by atoms with Crippen molar-refractivity contribution in [1.29, 1.82) is 0 Å². The van der Waals surface area contributed by atoms with Crippen molar-refractivity contribution in [2.45, 2.75) is 26.7 Å². The number of unbranched alkanes of at least 4 members (excludes halogenated alkanes) is 1. The monoisotopic (exact) mass is 204 g/mol. The molecule has 1 atom stereocenters. The number of allylic oxidation sites excluding steroid dienone is 2. The molecule has 1 unspecified atom stereocenters. The van der Waals surface area contributed by atoms with E-state index in [0.717, 1.165) is 18.1 Å². The molecule has 0 spiro atoms. The number of hydrogen-bond acceptors (Lipinski definition) is 2. The predicted molar refractivity (Wildman–Crippen MR) is 58.5 cm³/mol. The van der Waals surface area contributed by atoms with Gasteiger partial charge in [-0.05, 0) is 13.3 Å². The lowest BCUT2D eigenvalue weighted by atomic mass is 10.3. The Morgan fingerprint density at radius 1 is 1.67 bits per heavy atom. The molecule has 12 heavy (non-hydrogen) atoms. The van der Waals surface area contributed by atoms with E-state index in [4.69, 9.17) is 0 Å². The van der Waals surface area contributed by atoms with Crippen LogP contribution in [0.1, 0.15) is 26.7 Å². The van der Waals surface area contributed by atoms with Crippen LogP contribution < -0.4 is 0 Å². The van der Waals surface area contributed by atoms with Crippen molar-refractivity contribution in [1.82, 2.24) is 0 Å². The molecule has 0 aromatic heterocycles. The largest absolute Gasteiger partial charge is 0.311 e. The van der Waals surface area contributed by atoms with Gasteiger partial charge in [0, 0.05) is 18.1 Å². The number of rotatable bonds is 4. The molecular weight excluding hydrogens is 187 g/mol. The fourth-order valence-corrected chi connectivity index (χ4v) is 6.64. The highest BCUT2D eigenvalue weighted by Gasteiger charge is 2.26. The summed E-state index contributed by atoms with van der Waals surface area (Å²) in [4.78, 5) is 0. The molecule has 0 amide bonds. The zero-order valence-corrected chi connectivity index (χ0v) is 9.59. The van der Waals surface area contributed by atoms with Crippen LogP contribution >= 0.6 is 17.7 Å². The molecule has 0 N–H and O–H groups in total. The molecule has 70 valence electrons. The molecule has 1 nitrogen and oxygen atoms in total. The van der Waals surface area contributed by atoms with Crippen molar-refractivity contribution in [2.24, 2.45) is 0 Å². The summed E-state index contributed by atoms with van der Waals surface area (Å²) in [6, 6.07) is 0. The summed E-state index contributed by atoms with van der Waals surface area (Å²) in [7, 11) is 0. The summed E-state index contributed by atoms with van der Waals surface area (Å²) >= 11 is 1.72. The van der Waals surface area contributed by atoms with Crippen molar-refractivity contribution >= 4 is 17.7 Å². The van der Waals surface area contributed by atoms with Gasteiger partial charge >= 0.3 is 0 Å². The Morgan fingerprint density at radius 3 is 2.92 bits per heavy atom. The van der Waals surface area contributed by atoms with Crippen molar-refractivity contribution < 1.29 is 4.57 Å². The van der Waals surface area contributed by atoms with E-state index < -0.39 is 6.34 Å². The molecule has 1 aliphatic heterocycles. The predicted octanol–water partition coefficient (Wildman–Crippen LogP) is 3.76. The zero-order valence-electron chi connectivity index (χ0n) is 7.88. The zero-order chi connectivity index (χ0) is 9.03. The highest BCUT2D eigenvalue weighted by molar-refractivity contribution is 8.58. The average Bonchev–Trinajstić information content (AvgIpc) is 2.32. The molecule has 1 heterocycles. The summed E-state index contributed by atoms with van der Waals surface area (Å²) in [5.74, 6) is 1.08. The Bertz CT molecular complexity index is 223. The first-order valence-electron chi connectivity index (χ1n) is 4.54. The van der Waals surface area contributed by atoms with E-state index in [1.807, 2.05) is 0 Å². The van der Waals surface area contributed by atoms with Crippen LogP contribution in [0.2, 0.25) is 0 Å². The lowest BCUT2D eigenvalue weighted by molar-refractivity contribution is 0.589. The second-order valence-corrected chi connectivity index (χ2v) is 9.14. The molecule has 0 aromatic rings. The summed E-state index contributed by atoms with van der Waals surface area (Å²) in [6.45, 7) is 4.26. The Labute approximate surface area is 79.1 Å². The maximum absolute atomic E-state index is 12.0. The molecule has 0 bridgehead atoms. The van der Waals surface area contributed by atoms with Crippen LogP contribution in [0.5, 0.6) is 0 Å². The van der Waals surface area contributed by atoms with Gasteiger partial charge in [-0.15, -0.1) is 0 Å². The van der Waals surface area contributed by atoms with Gasteiger partial charge in [0.05, 0.1) is 0 Å². The minimum atomic E-state index is -1.83. The molecule has 1 rings (SSSR count). The maximum Gasteiger partial charge on any atom is 0.146 e. The van der Waals surface area contributed by atoms with Gasteiger partial charge in [-0.2, -0.15) is 0 Å². The molecular formula is C9H17OPS. The van der Waals surface area contributed by atoms with Crippen molar-refractivity contribution in [2.75, 3.05) is 18.1 Å². The quantitative estimate of drug-likeness (QED) is 0.394. The van der Waals surface area contributed by atoms with Gasteiger partial charge in [0.2, 0.25) is 0 Å². The summed E-state index contributed by atoms with van der Waals surface area (Å²) in [5.41, 5.74) is 1.32. The van der Waals surface area contributed by atoms with Crippen molar-refractivity contribution in [3.05, 3.63) is 11.6 Å². The SMILES string of the molecule is CCCCSP1(=O)CC=C(C)C1. The Kier molecular flexibility index (Phi) is 3.92. The van der Waals surface area contributed by atoms with E-state index in [-0.39, 0.29) is 0 Å². The smallest absolute Gasteiger partial charge is 0.146 e. The lowest BCUT2D eigenvalue weighted by Crippen LogP contribution is -1.84. The average molecular weight is 204 g/mol. The third-order valence-electron chi connectivity index (χ3n) is 2.03. The van der Waals surface area contributed by atoms with E-state index in [0.29, 0.717) is 0 Å². The fourth-order valence-electron chi connectivity index (χ4n) is 1.28. The van der Waals surface area contributed by atoms with E-state index in [1.165, 1.54) is 18.4 Å². The molecule has 0 fully saturated rings. The third-order valence-corrected chi connectivity index (χ3v) is 7.49. The van der Waals surface area contributed by atoms with Crippen LogP contribution in [0.3, 0.4) is 0 Å². The maximum atomic E-state index is 12.0. The fraction of sp³-hybridized carbons (Fsp3) is 0.778. The van der Waals surface area contributed by atoms with Gasteiger partial charge in [0.25, 0.3) is 0 Å². The molecule has 0 saturated carbocycles. The van der Waals surface area contributed by atoms with Gasteiger partial charge in [-0.3, -0.25) is 0 Å². The van der Waals surface area contributed by atoms with E-state index in [1.54, 1.807) is 11.4 Å². The molecule has 0 saturated heterocycles. The highest BCUT2D eigenvalue weighted by atomic mass is 32.7. The first-order valence-corrected chi connectivity index (χ1v) is 8.21. The van der Waals surface area contributed by atoms with Crippen LogP contribution in [0.15, 0.2) is 11.6 Å². The minimum Gasteiger partial charge on any atom is -0.311 e. The van der Waals surface area contributed by atoms with Crippen LogP contribution in [0.4, 0.5) is 0 Å². The molecule has 1 aliphatic rings. The summed E-state index contributed by atoms with van der Waals surface area (Å²) in [5, 5.41) is 0. The topological polar surface area (TPSA) is 17.1 Å². The Balaban J connectivity index is 2.29. The minimum absolute atomic E-state index is 0.840. The lowest BCUT2D eigenvalue weighted by Gasteiger charge is -2.09. The van der Waals surface area contributed by atoms with Gasteiger partial charge in [0.1, 0.15) is 6.34 Å². The Hall–Kier alpha value is 0.320. The number of hydrogen-bond donors (Lipinski definition) is 0. The van der Waals surface area contributed by atoms with Gasteiger partial charge in [-0.1, -0.05) is 36.4 Å². The molecule has 0 aliphatic carbocycles. The molecule has 0 radical (unpaired) electrons. The van der Waals surface area contributed by atoms with E-state index >= 15 is 0 Å². The van der Waals surface area contributed by atoms with Crippen molar-refractivity contribution in [3.8, 4) is 0 Å². The standard InChI is InChI=1S/C9H17OPS/c1-3-4-7-12-11(10)6-5-9(2)8-11/h5H,3-4,6-8H2,1-2H3. The second-order valence-electron chi connectivity index (χ2n) is 3.39. The Morgan fingerprint density at radius 2 is 2.42 bits per heavy atom. The molecule has 0 aromatic carbocycles. The second kappa shape index (κ2) is 4.53. The molecule has 3 heteroatoms. The van der Waals surface area contributed by atoms with Crippen LogP contribution in [-0.2, 0) is 4.57 Å². The van der Waals surface area contributed by atoms with Crippen molar-refractivity contribution in [3.63, 3.8) is 0 Å². The highest BCUT2D eigenvalue weighted by Crippen LogP contribution is 2.62. The van der Waals surface area contributed by atoms with E-state index in [9.17, 15) is 4.57 Å². The summed E-state index contributed by atoms with van der Waals surface area (Å²) < 4.78 is 12.0. The first-order chi connectivity index (χ1) is 5.66. The summed E-state index contributed by atoms with van der Waals surface area (Å²) in [6.07, 6.45) is 4.42. The van der Waals surface area contributed by atoms with Gasteiger partial charge < -0.3 is 4.57 Å². The van der Waals surface area contributed by atoms with Crippen LogP contribution in [0, 0.1) is 0 Å². The van der Waals surface area contributed by atoms with E-state index in [2.05, 4.69) is 19.9 Å². The van der Waals surface area contributed by atoms with Gasteiger partial charge in [0.15, 0.2) is 0 Å². The normalized spacial score (nSPS) is 29.0.